The first-order valence-corrected chi connectivity index (χ1v) is 13.3. The molecule has 7 rings (SSSR count). The maximum absolute atomic E-state index is 12.7. The van der Waals surface area contributed by atoms with Gasteiger partial charge in [0.15, 0.2) is 5.82 Å². The second kappa shape index (κ2) is 10.3. The van der Waals surface area contributed by atoms with E-state index in [2.05, 4.69) is 45.8 Å². The number of hydrogen-bond donors (Lipinski definition) is 4. The molecule has 6 aromatic heterocycles. The Bertz CT molecular complexity index is 1820. The van der Waals surface area contributed by atoms with Crippen LogP contribution in [0.1, 0.15) is 19.3 Å². The van der Waals surface area contributed by atoms with Gasteiger partial charge in [0.2, 0.25) is 5.91 Å². The SMILES string of the molecule is O=C(CC1CCNCC1)Nc1cncc(-c2cc3c(-c4nc5c(-c6cccnc6)nccc5[nH]4)n[nH]c3cn2)c1. The minimum atomic E-state index is 0.0106. The number of anilines is 1. The highest BCUT2D eigenvalue weighted by Crippen LogP contribution is 2.31. The van der Waals surface area contributed by atoms with Crippen molar-refractivity contribution in [2.45, 2.75) is 19.3 Å². The van der Waals surface area contributed by atoms with Crippen molar-refractivity contribution in [1.82, 2.24) is 45.4 Å². The van der Waals surface area contributed by atoms with Crippen LogP contribution < -0.4 is 10.6 Å². The molecule has 11 heteroatoms. The molecule has 1 amide bonds. The van der Waals surface area contributed by atoms with Gasteiger partial charge in [0, 0.05) is 47.7 Å². The average Bonchev–Trinajstić information content (AvgIpc) is 3.62. The van der Waals surface area contributed by atoms with Crippen LogP contribution in [-0.4, -0.2) is 59.1 Å². The quantitative estimate of drug-likeness (QED) is 0.248. The van der Waals surface area contributed by atoms with E-state index in [1.807, 2.05) is 30.3 Å². The van der Waals surface area contributed by atoms with Crippen LogP contribution in [0.3, 0.4) is 0 Å². The Morgan fingerprint density at radius 1 is 0.925 bits per heavy atom. The van der Waals surface area contributed by atoms with E-state index in [-0.39, 0.29) is 5.91 Å². The van der Waals surface area contributed by atoms with Crippen LogP contribution in [0.5, 0.6) is 0 Å². The van der Waals surface area contributed by atoms with Crippen LogP contribution in [0.4, 0.5) is 5.69 Å². The molecule has 0 bridgehead atoms. The van der Waals surface area contributed by atoms with Crippen molar-refractivity contribution >= 4 is 33.5 Å². The summed E-state index contributed by atoms with van der Waals surface area (Å²) < 4.78 is 0. The van der Waals surface area contributed by atoms with Crippen LogP contribution >= 0.6 is 0 Å². The topological polar surface area (TPSA) is 150 Å². The van der Waals surface area contributed by atoms with Gasteiger partial charge in [0.1, 0.15) is 11.2 Å². The van der Waals surface area contributed by atoms with Gasteiger partial charge in [-0.25, -0.2) is 4.98 Å². The summed E-state index contributed by atoms with van der Waals surface area (Å²) in [6.07, 6.45) is 13.0. The van der Waals surface area contributed by atoms with Crippen LogP contribution in [-0.2, 0) is 4.79 Å². The van der Waals surface area contributed by atoms with Crippen molar-refractivity contribution in [3.05, 3.63) is 67.5 Å². The van der Waals surface area contributed by atoms with Gasteiger partial charge >= 0.3 is 0 Å². The summed E-state index contributed by atoms with van der Waals surface area (Å²) in [5.41, 5.74) is 6.85. The number of amides is 1. The van der Waals surface area contributed by atoms with Gasteiger partial charge in [0.05, 0.1) is 40.5 Å². The predicted octanol–water partition coefficient (Wildman–Crippen LogP) is 4.35. The zero-order chi connectivity index (χ0) is 26.9. The smallest absolute Gasteiger partial charge is 0.224 e. The fourth-order valence-corrected chi connectivity index (χ4v) is 5.23. The second-order valence-corrected chi connectivity index (χ2v) is 9.98. The van der Waals surface area contributed by atoms with Gasteiger partial charge in [-0.1, -0.05) is 0 Å². The van der Waals surface area contributed by atoms with E-state index in [0.717, 1.165) is 64.7 Å². The molecule has 6 aromatic rings. The van der Waals surface area contributed by atoms with E-state index < -0.39 is 0 Å². The van der Waals surface area contributed by atoms with Crippen molar-refractivity contribution in [2.75, 3.05) is 18.4 Å². The molecule has 40 heavy (non-hydrogen) atoms. The lowest BCUT2D eigenvalue weighted by atomic mass is 9.94. The predicted molar refractivity (Wildman–Crippen MR) is 152 cm³/mol. The highest BCUT2D eigenvalue weighted by atomic mass is 16.1. The molecule has 1 saturated heterocycles. The molecule has 0 aliphatic carbocycles. The summed E-state index contributed by atoms with van der Waals surface area (Å²) in [7, 11) is 0. The molecule has 0 saturated carbocycles. The zero-order valence-electron chi connectivity index (χ0n) is 21.6. The third kappa shape index (κ3) is 4.67. The molecule has 0 atom stereocenters. The normalized spacial score (nSPS) is 14.1. The van der Waals surface area contributed by atoms with Gasteiger partial charge in [0.25, 0.3) is 0 Å². The minimum absolute atomic E-state index is 0.0106. The van der Waals surface area contributed by atoms with E-state index in [1.54, 1.807) is 37.2 Å². The zero-order valence-corrected chi connectivity index (χ0v) is 21.6. The second-order valence-electron chi connectivity index (χ2n) is 9.98. The number of piperidine rings is 1. The number of imidazole rings is 1. The molecule has 11 nitrogen and oxygen atoms in total. The summed E-state index contributed by atoms with van der Waals surface area (Å²) in [4.78, 5) is 38.6. The van der Waals surface area contributed by atoms with Crippen LogP contribution in [0.25, 0.3) is 56.0 Å². The van der Waals surface area contributed by atoms with Crippen LogP contribution in [0, 0.1) is 5.92 Å². The van der Waals surface area contributed by atoms with Crippen molar-refractivity contribution in [3.63, 3.8) is 0 Å². The lowest BCUT2D eigenvalue weighted by molar-refractivity contribution is -0.117. The number of pyridine rings is 4. The number of fused-ring (bicyclic) bond motifs is 2. The van der Waals surface area contributed by atoms with E-state index in [0.29, 0.717) is 35.2 Å². The minimum Gasteiger partial charge on any atom is -0.336 e. The number of rotatable bonds is 6. The number of aromatic amines is 2. The molecule has 1 aliphatic rings. The Balaban J connectivity index is 1.19. The Hall–Kier alpha value is -5.03. The van der Waals surface area contributed by atoms with Gasteiger partial charge in [-0.2, -0.15) is 5.10 Å². The molecular weight excluding hydrogens is 504 g/mol. The van der Waals surface area contributed by atoms with Gasteiger partial charge < -0.3 is 15.6 Å². The van der Waals surface area contributed by atoms with Crippen LogP contribution in [0.15, 0.2) is 67.5 Å². The molecule has 0 radical (unpaired) electrons. The highest BCUT2D eigenvalue weighted by molar-refractivity contribution is 5.97. The number of aromatic nitrogens is 8. The number of H-pyrrole nitrogens is 2. The van der Waals surface area contributed by atoms with Crippen molar-refractivity contribution < 1.29 is 4.79 Å². The third-order valence-electron chi connectivity index (χ3n) is 7.26. The van der Waals surface area contributed by atoms with Crippen molar-refractivity contribution in [3.8, 4) is 34.0 Å². The summed E-state index contributed by atoms with van der Waals surface area (Å²) >= 11 is 0. The standard InChI is InChI=1S/C29H26N10O/c40-25(10-17-3-7-30-8-4-17)35-20-11-19(14-32-15-20)23-12-21-24(16-34-23)38-39-27(21)29-36-22-5-9-33-26(28(22)37-29)18-2-1-6-31-13-18/h1-2,5-6,9,11-17,30H,3-4,7-8,10H2,(H,35,40)(H,36,37)(H,38,39). The Morgan fingerprint density at radius 2 is 1.82 bits per heavy atom. The van der Waals surface area contributed by atoms with E-state index in [9.17, 15) is 4.79 Å². The Kier molecular flexibility index (Phi) is 6.17. The van der Waals surface area contributed by atoms with E-state index in [1.165, 1.54) is 0 Å². The summed E-state index contributed by atoms with van der Waals surface area (Å²) in [5, 5.41) is 14.8. The largest absolute Gasteiger partial charge is 0.336 e. The first-order valence-electron chi connectivity index (χ1n) is 13.3. The molecular formula is C29H26N10O. The molecule has 4 N–H and O–H groups in total. The lowest BCUT2D eigenvalue weighted by Gasteiger charge is -2.21. The molecule has 0 unspecified atom stereocenters. The maximum atomic E-state index is 12.7. The van der Waals surface area contributed by atoms with Gasteiger partial charge in [-0.15, -0.1) is 0 Å². The lowest BCUT2D eigenvalue weighted by Crippen LogP contribution is -2.30. The van der Waals surface area contributed by atoms with E-state index >= 15 is 0 Å². The van der Waals surface area contributed by atoms with Crippen molar-refractivity contribution in [2.24, 2.45) is 5.92 Å². The van der Waals surface area contributed by atoms with Gasteiger partial charge in [-0.3, -0.25) is 29.8 Å². The number of hydrogen-bond acceptors (Lipinski definition) is 8. The third-order valence-corrected chi connectivity index (χ3v) is 7.26. The molecule has 0 aromatic carbocycles. The molecule has 1 aliphatic heterocycles. The number of nitrogens with zero attached hydrogens (tertiary/aromatic N) is 6. The van der Waals surface area contributed by atoms with Crippen LogP contribution in [0.2, 0.25) is 0 Å². The summed E-state index contributed by atoms with van der Waals surface area (Å²) in [6.45, 7) is 1.94. The van der Waals surface area contributed by atoms with E-state index in [4.69, 9.17) is 4.98 Å². The Labute approximate surface area is 228 Å². The molecule has 1 fully saturated rings. The summed E-state index contributed by atoms with van der Waals surface area (Å²) in [5.74, 6) is 1.04. The summed E-state index contributed by atoms with van der Waals surface area (Å²) in [6, 6.07) is 9.59. The molecule has 0 spiro atoms. The molecule has 7 heterocycles. The average molecular weight is 531 g/mol. The fourth-order valence-electron chi connectivity index (χ4n) is 5.23. The molecule has 198 valence electrons. The highest BCUT2D eigenvalue weighted by Gasteiger charge is 2.19. The van der Waals surface area contributed by atoms with Crippen molar-refractivity contribution in [1.29, 1.82) is 0 Å². The monoisotopic (exact) mass is 530 g/mol. The maximum Gasteiger partial charge on any atom is 0.224 e. The first-order chi connectivity index (χ1) is 19.7. The van der Waals surface area contributed by atoms with Gasteiger partial charge in [-0.05, 0) is 62.2 Å². The Morgan fingerprint density at radius 3 is 2.70 bits per heavy atom. The first kappa shape index (κ1) is 24.0. The number of carbonyl (C=O) groups excluding carboxylic acids is 1. The number of carbonyl (C=O) groups is 1. The number of nitrogens with one attached hydrogen (secondary N) is 4. The fraction of sp³-hybridized carbons (Fsp3) is 0.207.